The Hall–Kier alpha value is -0.790. The number of hydrogen-bond acceptors (Lipinski definition) is 1. The first-order chi connectivity index (χ1) is 5.83. The molecule has 2 nitrogen and oxygen atoms in total. The first-order valence-corrected chi connectivity index (χ1v) is 4.84. The van der Waals surface area contributed by atoms with E-state index >= 15 is 0 Å². The van der Waals surface area contributed by atoms with Crippen LogP contribution in [0.5, 0.6) is 0 Å². The minimum atomic E-state index is 0.641. The van der Waals surface area contributed by atoms with Crippen molar-refractivity contribution in [3.8, 4) is 0 Å². The van der Waals surface area contributed by atoms with Gasteiger partial charge in [0, 0.05) is 17.9 Å². The SMILES string of the molecule is CCc1cncn1C(CC)CC. The van der Waals surface area contributed by atoms with Gasteiger partial charge in [0.05, 0.1) is 6.33 Å². The van der Waals surface area contributed by atoms with E-state index in [1.165, 1.54) is 18.5 Å². The molecule has 0 saturated carbocycles. The number of imidazole rings is 1. The highest BCUT2D eigenvalue weighted by atomic mass is 15.1. The van der Waals surface area contributed by atoms with Gasteiger partial charge >= 0.3 is 0 Å². The fraction of sp³-hybridized carbons (Fsp3) is 0.700. The molecule has 0 aromatic carbocycles. The Morgan fingerprint density at radius 2 is 2.00 bits per heavy atom. The average Bonchev–Trinajstić information content (AvgIpc) is 2.55. The molecule has 0 N–H and O–H groups in total. The lowest BCUT2D eigenvalue weighted by molar-refractivity contribution is 0.459. The van der Waals surface area contributed by atoms with Crippen LogP contribution < -0.4 is 0 Å². The smallest absolute Gasteiger partial charge is 0.0950 e. The zero-order chi connectivity index (χ0) is 8.97. The van der Waals surface area contributed by atoms with Crippen LogP contribution in [0.15, 0.2) is 12.5 Å². The Bertz CT molecular complexity index is 223. The molecule has 1 aromatic rings. The molecule has 0 fully saturated rings. The minimum absolute atomic E-state index is 0.641. The zero-order valence-corrected chi connectivity index (χ0v) is 8.25. The molecule has 1 rings (SSSR count). The highest BCUT2D eigenvalue weighted by molar-refractivity contribution is 4.99. The second-order valence-corrected chi connectivity index (χ2v) is 3.12. The minimum Gasteiger partial charge on any atom is -0.332 e. The van der Waals surface area contributed by atoms with Crippen molar-refractivity contribution in [1.82, 2.24) is 9.55 Å². The molecule has 0 radical (unpaired) electrons. The lowest BCUT2D eigenvalue weighted by atomic mass is 10.1. The summed E-state index contributed by atoms with van der Waals surface area (Å²) in [4.78, 5) is 4.17. The average molecular weight is 166 g/mol. The van der Waals surface area contributed by atoms with Gasteiger partial charge in [-0.2, -0.15) is 0 Å². The van der Waals surface area contributed by atoms with Crippen LogP contribution in [0.1, 0.15) is 45.3 Å². The van der Waals surface area contributed by atoms with Crippen LogP contribution in [-0.2, 0) is 6.42 Å². The predicted molar refractivity (Wildman–Crippen MR) is 51.2 cm³/mol. The second kappa shape index (κ2) is 4.29. The fourth-order valence-corrected chi connectivity index (χ4v) is 1.62. The quantitative estimate of drug-likeness (QED) is 0.672. The summed E-state index contributed by atoms with van der Waals surface area (Å²) in [7, 11) is 0. The summed E-state index contributed by atoms with van der Waals surface area (Å²) in [6, 6.07) is 0.641. The highest BCUT2D eigenvalue weighted by Crippen LogP contribution is 2.17. The van der Waals surface area contributed by atoms with E-state index in [1.54, 1.807) is 0 Å². The molecule has 0 amide bonds. The van der Waals surface area contributed by atoms with Gasteiger partial charge in [-0.1, -0.05) is 20.8 Å². The summed E-state index contributed by atoms with van der Waals surface area (Å²) in [6.45, 7) is 6.64. The summed E-state index contributed by atoms with van der Waals surface area (Å²) in [5, 5.41) is 0. The van der Waals surface area contributed by atoms with E-state index in [2.05, 4.69) is 30.3 Å². The molecular formula is C10H18N2. The Labute approximate surface area is 74.6 Å². The topological polar surface area (TPSA) is 17.8 Å². The maximum Gasteiger partial charge on any atom is 0.0950 e. The summed E-state index contributed by atoms with van der Waals surface area (Å²) in [5.74, 6) is 0. The van der Waals surface area contributed by atoms with Gasteiger partial charge in [0.2, 0.25) is 0 Å². The third-order valence-electron chi connectivity index (χ3n) is 2.44. The van der Waals surface area contributed by atoms with Crippen molar-refractivity contribution in [1.29, 1.82) is 0 Å². The molecule has 0 spiro atoms. The molecule has 12 heavy (non-hydrogen) atoms. The van der Waals surface area contributed by atoms with E-state index in [4.69, 9.17) is 0 Å². The van der Waals surface area contributed by atoms with E-state index in [-0.39, 0.29) is 0 Å². The van der Waals surface area contributed by atoms with Gasteiger partial charge in [-0.25, -0.2) is 4.98 Å². The largest absolute Gasteiger partial charge is 0.332 e. The monoisotopic (exact) mass is 166 g/mol. The van der Waals surface area contributed by atoms with Gasteiger partial charge in [0.15, 0.2) is 0 Å². The van der Waals surface area contributed by atoms with Gasteiger partial charge in [-0.3, -0.25) is 0 Å². The first-order valence-electron chi connectivity index (χ1n) is 4.84. The van der Waals surface area contributed by atoms with E-state index in [0.29, 0.717) is 6.04 Å². The number of hydrogen-bond donors (Lipinski definition) is 0. The van der Waals surface area contributed by atoms with E-state index in [0.717, 1.165) is 6.42 Å². The molecule has 0 aliphatic heterocycles. The highest BCUT2D eigenvalue weighted by Gasteiger charge is 2.08. The first kappa shape index (κ1) is 9.30. The van der Waals surface area contributed by atoms with Crippen molar-refractivity contribution in [2.45, 2.75) is 46.1 Å². The number of aryl methyl sites for hydroxylation is 1. The number of rotatable bonds is 4. The second-order valence-electron chi connectivity index (χ2n) is 3.12. The summed E-state index contributed by atoms with van der Waals surface area (Å²) >= 11 is 0. The molecule has 0 atom stereocenters. The zero-order valence-electron chi connectivity index (χ0n) is 8.25. The van der Waals surface area contributed by atoms with Gasteiger partial charge in [-0.15, -0.1) is 0 Å². The van der Waals surface area contributed by atoms with Crippen LogP contribution in [0.4, 0.5) is 0 Å². The van der Waals surface area contributed by atoms with Crippen LogP contribution in [0.25, 0.3) is 0 Å². The third kappa shape index (κ3) is 1.68. The predicted octanol–water partition coefficient (Wildman–Crippen LogP) is 2.81. The van der Waals surface area contributed by atoms with Crippen molar-refractivity contribution < 1.29 is 0 Å². The Kier molecular flexibility index (Phi) is 3.32. The molecule has 1 aromatic heterocycles. The van der Waals surface area contributed by atoms with Crippen LogP contribution in [0.3, 0.4) is 0 Å². The molecule has 0 saturated heterocycles. The summed E-state index contributed by atoms with van der Waals surface area (Å²) in [6.07, 6.45) is 7.39. The van der Waals surface area contributed by atoms with Crippen molar-refractivity contribution in [2.75, 3.05) is 0 Å². The van der Waals surface area contributed by atoms with Crippen LogP contribution >= 0.6 is 0 Å². The van der Waals surface area contributed by atoms with Crippen molar-refractivity contribution in [3.63, 3.8) is 0 Å². The third-order valence-corrected chi connectivity index (χ3v) is 2.44. The molecular weight excluding hydrogens is 148 g/mol. The van der Waals surface area contributed by atoms with Crippen LogP contribution in [-0.4, -0.2) is 9.55 Å². The standard InChI is InChI=1S/C10H18N2/c1-4-9(5-2)12-8-11-7-10(12)6-3/h7-9H,4-6H2,1-3H3. The van der Waals surface area contributed by atoms with E-state index in [9.17, 15) is 0 Å². The molecule has 0 aliphatic carbocycles. The molecule has 1 heterocycles. The molecule has 2 heteroatoms. The van der Waals surface area contributed by atoms with Gasteiger partial charge in [0.1, 0.15) is 0 Å². The summed E-state index contributed by atoms with van der Waals surface area (Å²) in [5.41, 5.74) is 1.35. The molecule has 0 unspecified atom stereocenters. The lowest BCUT2D eigenvalue weighted by Gasteiger charge is -2.16. The Morgan fingerprint density at radius 3 is 2.50 bits per heavy atom. The van der Waals surface area contributed by atoms with Crippen LogP contribution in [0, 0.1) is 0 Å². The van der Waals surface area contributed by atoms with Gasteiger partial charge in [0.25, 0.3) is 0 Å². The molecule has 0 aliphatic rings. The van der Waals surface area contributed by atoms with Crippen LogP contribution in [0.2, 0.25) is 0 Å². The van der Waals surface area contributed by atoms with E-state index < -0.39 is 0 Å². The maximum atomic E-state index is 4.17. The summed E-state index contributed by atoms with van der Waals surface area (Å²) < 4.78 is 2.31. The molecule has 0 bridgehead atoms. The van der Waals surface area contributed by atoms with Crippen molar-refractivity contribution >= 4 is 0 Å². The van der Waals surface area contributed by atoms with Crippen molar-refractivity contribution in [3.05, 3.63) is 18.2 Å². The lowest BCUT2D eigenvalue weighted by Crippen LogP contribution is -2.08. The Balaban J connectivity index is 2.83. The van der Waals surface area contributed by atoms with E-state index in [1.807, 2.05) is 12.5 Å². The normalized spacial score (nSPS) is 11.0. The van der Waals surface area contributed by atoms with Gasteiger partial charge < -0.3 is 4.57 Å². The molecule has 68 valence electrons. The fourth-order valence-electron chi connectivity index (χ4n) is 1.62. The number of aromatic nitrogens is 2. The van der Waals surface area contributed by atoms with Gasteiger partial charge in [-0.05, 0) is 19.3 Å². The van der Waals surface area contributed by atoms with Crippen molar-refractivity contribution in [2.24, 2.45) is 0 Å². The Morgan fingerprint density at radius 1 is 1.33 bits per heavy atom. The number of nitrogens with zero attached hydrogens (tertiary/aromatic N) is 2. The maximum absolute atomic E-state index is 4.17.